The Balaban J connectivity index is 3.32. The third-order valence-electron chi connectivity index (χ3n) is 2.11. The second-order valence-corrected chi connectivity index (χ2v) is 3.77. The van der Waals surface area contributed by atoms with Crippen molar-refractivity contribution in [3.05, 3.63) is 46.5 Å². The third kappa shape index (κ3) is 2.14. The van der Waals surface area contributed by atoms with Crippen molar-refractivity contribution in [2.75, 3.05) is 6.61 Å². The fourth-order valence-electron chi connectivity index (χ4n) is 1.44. The number of hydrogen-bond donors (Lipinski definition) is 1. The monoisotopic (exact) mass is 252 g/mol. The number of benzene rings is 1. The van der Waals surface area contributed by atoms with Crippen molar-refractivity contribution in [3.8, 4) is 0 Å². The van der Waals surface area contributed by atoms with Crippen molar-refractivity contribution in [2.45, 2.75) is 6.42 Å². The van der Waals surface area contributed by atoms with Crippen LogP contribution in [-0.4, -0.2) is 11.7 Å². The fourth-order valence-corrected chi connectivity index (χ4v) is 1.95. The van der Waals surface area contributed by atoms with Gasteiger partial charge in [-0.15, -0.1) is 0 Å². The minimum atomic E-state index is 0.152. The van der Waals surface area contributed by atoms with Crippen LogP contribution in [-0.2, 0) is 6.42 Å². The SMILES string of the molecule is C=Cc1c(Br)ccc(CCO)c1C=C. The molecule has 1 rings (SSSR count). The first-order valence-corrected chi connectivity index (χ1v) is 5.21. The Labute approximate surface area is 92.9 Å². The molecule has 0 aliphatic heterocycles. The van der Waals surface area contributed by atoms with E-state index in [9.17, 15) is 0 Å². The van der Waals surface area contributed by atoms with E-state index in [2.05, 4.69) is 29.1 Å². The van der Waals surface area contributed by atoms with Crippen LogP contribution in [0.1, 0.15) is 16.7 Å². The Hall–Kier alpha value is -0.860. The minimum absolute atomic E-state index is 0.152. The molecule has 14 heavy (non-hydrogen) atoms. The summed E-state index contributed by atoms with van der Waals surface area (Å²) < 4.78 is 1.00. The lowest BCUT2D eigenvalue weighted by molar-refractivity contribution is 0.299. The molecular weight excluding hydrogens is 240 g/mol. The first kappa shape index (κ1) is 11.2. The maximum atomic E-state index is 8.90. The molecule has 0 saturated carbocycles. The first-order chi connectivity index (χ1) is 6.74. The van der Waals surface area contributed by atoms with Crippen LogP contribution in [0.15, 0.2) is 29.8 Å². The van der Waals surface area contributed by atoms with Gasteiger partial charge in [0.05, 0.1) is 0 Å². The summed E-state index contributed by atoms with van der Waals surface area (Å²) in [7, 11) is 0. The molecule has 0 aliphatic rings. The molecule has 0 saturated heterocycles. The summed E-state index contributed by atoms with van der Waals surface area (Å²) in [6.45, 7) is 7.69. The fraction of sp³-hybridized carbons (Fsp3) is 0.167. The predicted octanol–water partition coefficient (Wildman–Crippen LogP) is 3.27. The molecule has 0 amide bonds. The summed E-state index contributed by atoms with van der Waals surface area (Å²) >= 11 is 3.45. The van der Waals surface area contributed by atoms with Crippen LogP contribution in [0.2, 0.25) is 0 Å². The zero-order valence-electron chi connectivity index (χ0n) is 7.96. The maximum Gasteiger partial charge on any atom is 0.0471 e. The van der Waals surface area contributed by atoms with E-state index in [1.54, 1.807) is 12.2 Å². The van der Waals surface area contributed by atoms with Crippen LogP contribution < -0.4 is 0 Å². The normalized spacial score (nSPS) is 9.86. The Kier molecular flexibility index (Phi) is 4.11. The van der Waals surface area contributed by atoms with Gasteiger partial charge in [-0.2, -0.15) is 0 Å². The number of hydrogen-bond acceptors (Lipinski definition) is 1. The smallest absolute Gasteiger partial charge is 0.0471 e. The van der Waals surface area contributed by atoms with Gasteiger partial charge in [-0.1, -0.05) is 47.3 Å². The van der Waals surface area contributed by atoms with Crippen LogP contribution in [0.25, 0.3) is 12.2 Å². The van der Waals surface area contributed by atoms with Crippen molar-refractivity contribution >= 4 is 28.1 Å². The van der Waals surface area contributed by atoms with E-state index >= 15 is 0 Å². The highest BCUT2D eigenvalue weighted by molar-refractivity contribution is 9.10. The lowest BCUT2D eigenvalue weighted by Crippen LogP contribution is -1.96. The van der Waals surface area contributed by atoms with Gasteiger partial charge in [0.1, 0.15) is 0 Å². The van der Waals surface area contributed by atoms with E-state index in [0.717, 1.165) is 21.2 Å². The highest BCUT2D eigenvalue weighted by Gasteiger charge is 2.06. The topological polar surface area (TPSA) is 20.2 Å². The van der Waals surface area contributed by atoms with Gasteiger partial charge in [0, 0.05) is 11.1 Å². The van der Waals surface area contributed by atoms with Crippen molar-refractivity contribution < 1.29 is 5.11 Å². The standard InChI is InChI=1S/C12H13BrO/c1-3-10-9(7-8-14)5-6-12(13)11(10)4-2/h3-6,14H,1-2,7-8H2. The van der Waals surface area contributed by atoms with Crippen LogP contribution in [0.3, 0.4) is 0 Å². The van der Waals surface area contributed by atoms with Gasteiger partial charge in [-0.3, -0.25) is 0 Å². The summed E-state index contributed by atoms with van der Waals surface area (Å²) in [6.07, 6.45) is 4.24. The molecule has 1 N–H and O–H groups in total. The second kappa shape index (κ2) is 5.13. The average Bonchev–Trinajstić information content (AvgIpc) is 2.20. The predicted molar refractivity (Wildman–Crippen MR) is 65.1 cm³/mol. The van der Waals surface area contributed by atoms with Crippen molar-refractivity contribution in [1.82, 2.24) is 0 Å². The molecule has 1 aromatic rings. The van der Waals surface area contributed by atoms with Gasteiger partial charge >= 0.3 is 0 Å². The van der Waals surface area contributed by atoms with Gasteiger partial charge in [0.15, 0.2) is 0 Å². The number of aliphatic hydroxyl groups is 1. The largest absolute Gasteiger partial charge is 0.396 e. The summed E-state index contributed by atoms with van der Waals surface area (Å²) in [6, 6.07) is 3.96. The zero-order valence-corrected chi connectivity index (χ0v) is 9.55. The second-order valence-electron chi connectivity index (χ2n) is 2.92. The van der Waals surface area contributed by atoms with E-state index in [-0.39, 0.29) is 6.61 Å². The van der Waals surface area contributed by atoms with Gasteiger partial charge < -0.3 is 5.11 Å². The van der Waals surface area contributed by atoms with Crippen LogP contribution in [0.5, 0.6) is 0 Å². The molecule has 74 valence electrons. The molecule has 0 heterocycles. The van der Waals surface area contributed by atoms with Gasteiger partial charge in [0.2, 0.25) is 0 Å². The average molecular weight is 253 g/mol. The summed E-state index contributed by atoms with van der Waals surface area (Å²) in [5.41, 5.74) is 3.18. The number of rotatable bonds is 4. The third-order valence-corrected chi connectivity index (χ3v) is 2.81. The Bertz CT molecular complexity index is 356. The molecule has 0 aromatic heterocycles. The van der Waals surface area contributed by atoms with Crippen molar-refractivity contribution in [1.29, 1.82) is 0 Å². The highest BCUT2D eigenvalue weighted by atomic mass is 79.9. The van der Waals surface area contributed by atoms with Crippen molar-refractivity contribution in [2.24, 2.45) is 0 Å². The van der Waals surface area contributed by atoms with Crippen LogP contribution >= 0.6 is 15.9 Å². The Morgan fingerprint density at radius 2 is 1.86 bits per heavy atom. The van der Waals surface area contributed by atoms with E-state index in [1.165, 1.54) is 0 Å². The molecule has 0 bridgehead atoms. The van der Waals surface area contributed by atoms with E-state index < -0.39 is 0 Å². The maximum absolute atomic E-state index is 8.90. The van der Waals surface area contributed by atoms with E-state index in [1.807, 2.05) is 12.1 Å². The van der Waals surface area contributed by atoms with Gasteiger partial charge in [-0.05, 0) is 29.2 Å². The summed E-state index contributed by atoms with van der Waals surface area (Å²) in [5, 5.41) is 8.90. The quantitative estimate of drug-likeness (QED) is 0.873. The molecule has 1 aromatic carbocycles. The minimum Gasteiger partial charge on any atom is -0.396 e. The first-order valence-electron chi connectivity index (χ1n) is 4.41. The summed E-state index contributed by atoms with van der Waals surface area (Å²) in [4.78, 5) is 0. The number of aliphatic hydroxyl groups excluding tert-OH is 1. The zero-order chi connectivity index (χ0) is 10.6. The summed E-state index contributed by atoms with van der Waals surface area (Å²) in [5.74, 6) is 0. The molecule has 0 aliphatic carbocycles. The molecule has 0 fully saturated rings. The van der Waals surface area contributed by atoms with Gasteiger partial charge in [-0.25, -0.2) is 0 Å². The molecule has 0 atom stereocenters. The highest BCUT2D eigenvalue weighted by Crippen LogP contribution is 2.26. The molecular formula is C12H13BrO. The molecule has 0 spiro atoms. The van der Waals surface area contributed by atoms with Gasteiger partial charge in [0.25, 0.3) is 0 Å². The molecule has 1 nitrogen and oxygen atoms in total. The Morgan fingerprint density at radius 3 is 2.36 bits per heavy atom. The van der Waals surface area contributed by atoms with Crippen LogP contribution in [0, 0.1) is 0 Å². The lowest BCUT2D eigenvalue weighted by Gasteiger charge is -2.09. The Morgan fingerprint density at radius 1 is 1.21 bits per heavy atom. The molecule has 2 heteroatoms. The molecule has 0 unspecified atom stereocenters. The molecule has 0 radical (unpaired) electrons. The van der Waals surface area contributed by atoms with Crippen LogP contribution in [0.4, 0.5) is 0 Å². The lowest BCUT2D eigenvalue weighted by atomic mass is 9.99. The van der Waals surface area contributed by atoms with E-state index in [4.69, 9.17) is 5.11 Å². The van der Waals surface area contributed by atoms with Crippen molar-refractivity contribution in [3.63, 3.8) is 0 Å². The number of halogens is 1. The van der Waals surface area contributed by atoms with E-state index in [0.29, 0.717) is 6.42 Å².